The summed E-state index contributed by atoms with van der Waals surface area (Å²) in [5.41, 5.74) is 3.37. The fourth-order valence-corrected chi connectivity index (χ4v) is 4.30. The highest BCUT2D eigenvalue weighted by Gasteiger charge is 2.19. The quantitative estimate of drug-likeness (QED) is 0.399. The van der Waals surface area contributed by atoms with Gasteiger partial charge in [0.1, 0.15) is 23.5 Å². The molecule has 1 aromatic carbocycles. The molecule has 9 heteroatoms. The fraction of sp³-hybridized carbons (Fsp3) is 0.231. The van der Waals surface area contributed by atoms with Crippen molar-refractivity contribution in [3.8, 4) is 6.07 Å². The van der Waals surface area contributed by atoms with Gasteiger partial charge in [0.05, 0.1) is 23.7 Å². The molecule has 5 rings (SSSR count). The van der Waals surface area contributed by atoms with Crippen LogP contribution in [0.1, 0.15) is 18.1 Å². The van der Waals surface area contributed by atoms with Gasteiger partial charge in [-0.1, -0.05) is 0 Å². The molecule has 1 saturated heterocycles. The van der Waals surface area contributed by atoms with Crippen LogP contribution in [0.2, 0.25) is 0 Å². The van der Waals surface area contributed by atoms with Gasteiger partial charge in [-0.2, -0.15) is 5.26 Å². The lowest BCUT2D eigenvalue weighted by molar-refractivity contribution is 0.0532. The number of aromatic nitrogens is 3. The third-order valence-electron chi connectivity index (χ3n) is 5.94. The Balaban J connectivity index is 1.47. The summed E-state index contributed by atoms with van der Waals surface area (Å²) in [6.45, 7) is 6.59. The second-order valence-electron chi connectivity index (χ2n) is 8.55. The van der Waals surface area contributed by atoms with Crippen molar-refractivity contribution in [2.45, 2.75) is 20.0 Å². The maximum Gasteiger partial charge on any atom is 0.259 e. The molecule has 0 aliphatic carbocycles. The van der Waals surface area contributed by atoms with Gasteiger partial charge in [0.2, 0.25) is 0 Å². The average molecular weight is 468 g/mol. The topological polar surface area (TPSA) is 119 Å². The monoisotopic (exact) mass is 467 g/mol. The third kappa shape index (κ3) is 4.78. The average Bonchev–Trinajstić information content (AvgIpc) is 2.84. The van der Waals surface area contributed by atoms with Crippen LogP contribution >= 0.6 is 0 Å². The number of aromatic amines is 1. The van der Waals surface area contributed by atoms with Gasteiger partial charge in [0, 0.05) is 36.9 Å². The van der Waals surface area contributed by atoms with Gasteiger partial charge < -0.3 is 25.3 Å². The van der Waals surface area contributed by atoms with Gasteiger partial charge in [-0.3, -0.25) is 4.79 Å². The van der Waals surface area contributed by atoms with Gasteiger partial charge in [0.15, 0.2) is 0 Å². The molecule has 3 N–H and O–H groups in total. The molecular weight excluding hydrogens is 442 g/mol. The molecule has 0 saturated carbocycles. The molecule has 0 amide bonds. The molecule has 3 aromatic heterocycles. The predicted molar refractivity (Wildman–Crippen MR) is 137 cm³/mol. The van der Waals surface area contributed by atoms with E-state index in [1.165, 1.54) is 11.9 Å². The predicted octanol–water partition coefficient (Wildman–Crippen LogP) is 4.21. The standard InChI is InChI=1S/C26H25N7O2/c1-16-11-20(4-5-21(16)33-9-10-35-17(2)15-33)30-25-24-19(7-8-28-26(24)34)12-23(32-25)31-22-6-3-18(13-27)14-29-22/h3-8,11-12,14,17H,9-10,15H2,1-2H3,(H,28,34)(H2,29,30,31,32)/t17-/m1/s1. The Morgan fingerprint density at radius 3 is 2.80 bits per heavy atom. The maximum atomic E-state index is 12.7. The lowest BCUT2D eigenvalue weighted by Crippen LogP contribution is -2.41. The Bertz CT molecular complexity index is 1470. The van der Waals surface area contributed by atoms with Crippen LogP contribution in [-0.2, 0) is 4.74 Å². The van der Waals surface area contributed by atoms with E-state index in [1.807, 2.05) is 12.1 Å². The number of benzene rings is 1. The van der Waals surface area contributed by atoms with Crippen molar-refractivity contribution >= 4 is 39.6 Å². The van der Waals surface area contributed by atoms with Crippen molar-refractivity contribution in [2.24, 2.45) is 0 Å². The molecular formula is C26H25N7O2. The zero-order valence-electron chi connectivity index (χ0n) is 19.5. The summed E-state index contributed by atoms with van der Waals surface area (Å²) in [4.78, 5) is 26.7. The smallest absolute Gasteiger partial charge is 0.259 e. The second kappa shape index (κ2) is 9.44. The zero-order chi connectivity index (χ0) is 24.4. The maximum absolute atomic E-state index is 12.7. The Morgan fingerprint density at radius 2 is 2.06 bits per heavy atom. The summed E-state index contributed by atoms with van der Waals surface area (Å²) >= 11 is 0. The van der Waals surface area contributed by atoms with Crippen LogP contribution < -0.4 is 21.1 Å². The summed E-state index contributed by atoms with van der Waals surface area (Å²) < 4.78 is 5.67. The number of rotatable bonds is 5. The first-order valence-corrected chi connectivity index (χ1v) is 11.4. The Morgan fingerprint density at radius 1 is 1.17 bits per heavy atom. The molecule has 0 radical (unpaired) electrons. The first-order chi connectivity index (χ1) is 17.0. The summed E-state index contributed by atoms with van der Waals surface area (Å²) in [6.07, 6.45) is 3.30. The minimum atomic E-state index is -0.226. The Kier molecular flexibility index (Phi) is 6.04. The van der Waals surface area contributed by atoms with E-state index in [1.54, 1.807) is 24.4 Å². The van der Waals surface area contributed by atoms with Crippen molar-refractivity contribution < 1.29 is 4.74 Å². The fourth-order valence-electron chi connectivity index (χ4n) is 4.30. The van der Waals surface area contributed by atoms with Crippen LogP contribution in [0.25, 0.3) is 10.8 Å². The largest absolute Gasteiger partial charge is 0.375 e. The van der Waals surface area contributed by atoms with Crippen LogP contribution in [0.5, 0.6) is 0 Å². The van der Waals surface area contributed by atoms with Crippen LogP contribution in [0.15, 0.2) is 59.7 Å². The number of anilines is 5. The molecule has 4 heterocycles. The highest BCUT2D eigenvalue weighted by molar-refractivity contribution is 5.94. The number of pyridine rings is 3. The number of hydrogen-bond acceptors (Lipinski definition) is 8. The third-order valence-corrected chi connectivity index (χ3v) is 5.94. The van der Waals surface area contributed by atoms with E-state index < -0.39 is 0 Å². The highest BCUT2D eigenvalue weighted by atomic mass is 16.5. The second-order valence-corrected chi connectivity index (χ2v) is 8.55. The summed E-state index contributed by atoms with van der Waals surface area (Å²) in [6, 6.07) is 15.2. The van der Waals surface area contributed by atoms with Crippen LogP contribution in [0.3, 0.4) is 0 Å². The molecule has 176 valence electrons. The number of H-pyrrole nitrogens is 1. The molecule has 0 bridgehead atoms. The molecule has 4 aromatic rings. The van der Waals surface area contributed by atoms with Gasteiger partial charge >= 0.3 is 0 Å². The first-order valence-electron chi connectivity index (χ1n) is 11.4. The Hall–Kier alpha value is -4.42. The van der Waals surface area contributed by atoms with E-state index in [-0.39, 0.29) is 11.7 Å². The lowest BCUT2D eigenvalue weighted by atomic mass is 10.1. The van der Waals surface area contributed by atoms with Crippen molar-refractivity contribution in [1.82, 2.24) is 15.0 Å². The minimum absolute atomic E-state index is 0.198. The van der Waals surface area contributed by atoms with Crippen molar-refractivity contribution in [2.75, 3.05) is 35.2 Å². The number of morpholine rings is 1. The van der Waals surface area contributed by atoms with E-state index in [2.05, 4.69) is 62.5 Å². The SMILES string of the molecule is Cc1cc(Nc2nc(Nc3ccc(C#N)cn3)cc3cc[nH]c(=O)c23)ccc1N1CCO[C@H](C)C1. The van der Waals surface area contributed by atoms with Crippen molar-refractivity contribution in [3.63, 3.8) is 0 Å². The van der Waals surface area contributed by atoms with Crippen molar-refractivity contribution in [3.05, 3.63) is 76.3 Å². The molecule has 1 aliphatic rings. The molecule has 1 fully saturated rings. The summed E-state index contributed by atoms with van der Waals surface area (Å²) in [5, 5.41) is 16.7. The molecule has 9 nitrogen and oxygen atoms in total. The number of ether oxygens (including phenoxy) is 1. The normalized spacial score (nSPS) is 15.6. The number of nitrogens with one attached hydrogen (secondary N) is 3. The van der Waals surface area contributed by atoms with E-state index in [4.69, 9.17) is 10.00 Å². The minimum Gasteiger partial charge on any atom is -0.375 e. The highest BCUT2D eigenvalue weighted by Crippen LogP contribution is 2.30. The molecule has 1 atom stereocenters. The molecule has 35 heavy (non-hydrogen) atoms. The number of nitrogens with zero attached hydrogens (tertiary/aromatic N) is 4. The van der Waals surface area contributed by atoms with Gasteiger partial charge in [-0.15, -0.1) is 0 Å². The zero-order valence-corrected chi connectivity index (χ0v) is 19.5. The number of fused-ring (bicyclic) bond motifs is 1. The summed E-state index contributed by atoms with van der Waals surface area (Å²) in [7, 11) is 0. The number of hydrogen-bond donors (Lipinski definition) is 3. The van der Waals surface area contributed by atoms with Gasteiger partial charge in [-0.05, 0) is 67.3 Å². The first kappa shape index (κ1) is 22.4. The molecule has 0 unspecified atom stereocenters. The van der Waals surface area contributed by atoms with E-state index in [0.29, 0.717) is 35.0 Å². The summed E-state index contributed by atoms with van der Waals surface area (Å²) in [5.74, 6) is 1.51. The van der Waals surface area contributed by atoms with Crippen LogP contribution in [0.4, 0.5) is 28.8 Å². The molecule has 1 aliphatic heterocycles. The molecule has 0 spiro atoms. The van der Waals surface area contributed by atoms with Gasteiger partial charge in [-0.25, -0.2) is 9.97 Å². The lowest BCUT2D eigenvalue weighted by Gasteiger charge is -2.34. The van der Waals surface area contributed by atoms with E-state index in [0.717, 1.165) is 29.7 Å². The Labute approximate surface area is 202 Å². The van der Waals surface area contributed by atoms with E-state index >= 15 is 0 Å². The van der Waals surface area contributed by atoms with Gasteiger partial charge in [0.25, 0.3) is 5.56 Å². The van der Waals surface area contributed by atoms with Crippen LogP contribution in [-0.4, -0.2) is 40.8 Å². The number of aryl methyl sites for hydroxylation is 1. The van der Waals surface area contributed by atoms with E-state index in [9.17, 15) is 4.79 Å². The van der Waals surface area contributed by atoms with Crippen molar-refractivity contribution in [1.29, 1.82) is 5.26 Å². The number of nitriles is 1. The van der Waals surface area contributed by atoms with Crippen LogP contribution in [0, 0.1) is 18.3 Å².